The van der Waals surface area contributed by atoms with Gasteiger partial charge in [-0.05, 0) is 27.1 Å². The van der Waals surface area contributed by atoms with Crippen LogP contribution in [0.2, 0.25) is 0 Å². The molecule has 2 N–H and O–H groups in total. The Morgan fingerprint density at radius 3 is 2.82 bits per heavy atom. The second-order valence-electron chi connectivity index (χ2n) is 4.82. The van der Waals surface area contributed by atoms with Gasteiger partial charge in [-0.25, -0.2) is 9.97 Å². The Hall–Kier alpha value is -1.04. The second-order valence-corrected chi connectivity index (χ2v) is 4.82. The van der Waals surface area contributed by atoms with E-state index in [4.69, 9.17) is 5.73 Å². The summed E-state index contributed by atoms with van der Waals surface area (Å²) in [5, 5.41) is 0. The number of likely N-dealkylation sites (N-methyl/N-ethyl adjacent to an activating group) is 2. The molecule has 1 unspecified atom stereocenters. The molecule has 0 bridgehead atoms. The number of hydrogen-bond donors (Lipinski definition) is 1. The van der Waals surface area contributed by atoms with Gasteiger partial charge in [-0.2, -0.15) is 0 Å². The van der Waals surface area contributed by atoms with Crippen LogP contribution in [0.3, 0.4) is 0 Å². The van der Waals surface area contributed by atoms with Crippen molar-refractivity contribution in [1.29, 1.82) is 0 Å². The zero-order valence-corrected chi connectivity index (χ0v) is 10.8. The lowest BCUT2D eigenvalue weighted by atomic mass is 10.1. The maximum atomic E-state index is 5.66. The number of aromatic nitrogens is 2. The van der Waals surface area contributed by atoms with Gasteiger partial charge in [0.2, 0.25) is 0 Å². The molecule has 0 amide bonds. The third-order valence-corrected chi connectivity index (χ3v) is 3.28. The molecule has 5 heteroatoms. The summed E-state index contributed by atoms with van der Waals surface area (Å²) >= 11 is 0. The van der Waals surface area contributed by atoms with Crippen LogP contribution in [0.4, 0.5) is 0 Å². The summed E-state index contributed by atoms with van der Waals surface area (Å²) in [4.78, 5) is 13.7. The third-order valence-electron chi connectivity index (χ3n) is 3.28. The number of nitrogens with zero attached hydrogens (tertiary/aromatic N) is 4. The van der Waals surface area contributed by atoms with Crippen molar-refractivity contribution in [2.24, 2.45) is 5.73 Å². The molecule has 94 valence electrons. The van der Waals surface area contributed by atoms with E-state index in [0.717, 1.165) is 36.8 Å². The lowest BCUT2D eigenvalue weighted by Gasteiger charge is -2.36. The minimum atomic E-state index is 0.277. The molecule has 1 aromatic rings. The van der Waals surface area contributed by atoms with E-state index in [9.17, 15) is 0 Å². The van der Waals surface area contributed by atoms with Gasteiger partial charge < -0.3 is 10.6 Å². The molecule has 1 aromatic heterocycles. The molecule has 1 aliphatic rings. The van der Waals surface area contributed by atoms with Crippen LogP contribution in [-0.2, 0) is 6.54 Å². The van der Waals surface area contributed by atoms with Gasteiger partial charge >= 0.3 is 0 Å². The van der Waals surface area contributed by atoms with E-state index in [-0.39, 0.29) is 6.04 Å². The molecule has 1 saturated heterocycles. The number of rotatable bonds is 2. The van der Waals surface area contributed by atoms with Gasteiger partial charge in [0.15, 0.2) is 0 Å². The van der Waals surface area contributed by atoms with Crippen molar-refractivity contribution < 1.29 is 0 Å². The van der Waals surface area contributed by atoms with Crippen LogP contribution in [0.25, 0.3) is 0 Å². The second kappa shape index (κ2) is 5.08. The summed E-state index contributed by atoms with van der Waals surface area (Å²) < 4.78 is 0. The molecule has 17 heavy (non-hydrogen) atoms. The van der Waals surface area contributed by atoms with Gasteiger partial charge in [0.1, 0.15) is 5.82 Å². The van der Waals surface area contributed by atoms with E-state index in [1.807, 2.05) is 13.0 Å². The highest BCUT2D eigenvalue weighted by molar-refractivity contribution is 5.12. The predicted molar refractivity (Wildman–Crippen MR) is 67.5 cm³/mol. The molecule has 0 saturated carbocycles. The summed E-state index contributed by atoms with van der Waals surface area (Å²) in [6.45, 7) is 5.60. The van der Waals surface area contributed by atoms with Crippen molar-refractivity contribution in [2.75, 3.05) is 33.7 Å². The number of hydrogen-bond acceptors (Lipinski definition) is 5. The Kier molecular flexibility index (Phi) is 3.71. The molecule has 2 rings (SSSR count). The average molecular weight is 235 g/mol. The van der Waals surface area contributed by atoms with Gasteiger partial charge in [-0.1, -0.05) is 0 Å². The number of nitrogens with two attached hydrogens (primary N) is 1. The van der Waals surface area contributed by atoms with Gasteiger partial charge in [-0.3, -0.25) is 4.90 Å². The molecule has 5 nitrogen and oxygen atoms in total. The fraction of sp³-hybridized carbons (Fsp3) is 0.667. The van der Waals surface area contributed by atoms with Crippen LogP contribution < -0.4 is 5.73 Å². The fourth-order valence-corrected chi connectivity index (χ4v) is 2.20. The van der Waals surface area contributed by atoms with Gasteiger partial charge in [0, 0.05) is 31.9 Å². The highest BCUT2D eigenvalue weighted by Gasteiger charge is 2.26. The molecular weight excluding hydrogens is 214 g/mol. The first-order valence-electron chi connectivity index (χ1n) is 6.03. The van der Waals surface area contributed by atoms with Crippen molar-refractivity contribution in [3.05, 3.63) is 23.3 Å². The van der Waals surface area contributed by atoms with Crippen LogP contribution in [-0.4, -0.2) is 53.5 Å². The SMILES string of the molecule is Cc1cc(CN)nc(C2CN(C)CCN2C)n1. The first kappa shape index (κ1) is 12.4. The van der Waals surface area contributed by atoms with Crippen LogP contribution in [0.15, 0.2) is 6.07 Å². The highest BCUT2D eigenvalue weighted by atomic mass is 15.3. The quantitative estimate of drug-likeness (QED) is 0.791. The summed E-state index contributed by atoms with van der Waals surface area (Å²) in [5.74, 6) is 0.902. The molecule has 0 aromatic carbocycles. The Bertz CT molecular complexity index is 392. The first-order valence-corrected chi connectivity index (χ1v) is 6.03. The standard InChI is InChI=1S/C12H21N5/c1-9-6-10(7-13)15-12(14-9)11-8-16(2)4-5-17(11)3/h6,11H,4-5,7-8,13H2,1-3H3. The van der Waals surface area contributed by atoms with Crippen molar-refractivity contribution >= 4 is 0 Å². The van der Waals surface area contributed by atoms with Crippen LogP contribution in [0, 0.1) is 6.92 Å². The number of aryl methyl sites for hydroxylation is 1. The van der Waals surface area contributed by atoms with Crippen LogP contribution in [0.5, 0.6) is 0 Å². The number of piperazine rings is 1. The van der Waals surface area contributed by atoms with Crippen molar-refractivity contribution in [3.63, 3.8) is 0 Å². The van der Waals surface area contributed by atoms with Crippen molar-refractivity contribution in [3.8, 4) is 0 Å². The summed E-state index contributed by atoms with van der Waals surface area (Å²) in [5.41, 5.74) is 7.59. The first-order chi connectivity index (χ1) is 8.10. The Morgan fingerprint density at radius 1 is 1.35 bits per heavy atom. The monoisotopic (exact) mass is 235 g/mol. The smallest absolute Gasteiger partial charge is 0.147 e. The van der Waals surface area contributed by atoms with Gasteiger partial charge in [0.05, 0.1) is 11.7 Å². The zero-order chi connectivity index (χ0) is 12.4. The normalized spacial score (nSPS) is 22.9. The van der Waals surface area contributed by atoms with Crippen LogP contribution in [0.1, 0.15) is 23.3 Å². The van der Waals surface area contributed by atoms with E-state index in [2.05, 4.69) is 33.9 Å². The molecule has 1 fully saturated rings. The molecule has 1 aliphatic heterocycles. The van der Waals surface area contributed by atoms with Crippen LogP contribution >= 0.6 is 0 Å². The topological polar surface area (TPSA) is 58.3 Å². The Labute approximate surface area is 103 Å². The Morgan fingerprint density at radius 2 is 2.12 bits per heavy atom. The van der Waals surface area contributed by atoms with Crippen molar-refractivity contribution in [2.45, 2.75) is 19.5 Å². The fourth-order valence-electron chi connectivity index (χ4n) is 2.20. The Balaban J connectivity index is 2.28. The van der Waals surface area contributed by atoms with E-state index in [1.165, 1.54) is 0 Å². The van der Waals surface area contributed by atoms with Gasteiger partial charge in [-0.15, -0.1) is 0 Å². The lowest BCUT2D eigenvalue weighted by molar-refractivity contribution is 0.109. The molecule has 0 aliphatic carbocycles. The summed E-state index contributed by atoms with van der Waals surface area (Å²) in [7, 11) is 4.27. The minimum absolute atomic E-state index is 0.277. The summed E-state index contributed by atoms with van der Waals surface area (Å²) in [6.07, 6.45) is 0. The molecular formula is C12H21N5. The maximum absolute atomic E-state index is 5.66. The molecule has 1 atom stereocenters. The highest BCUT2D eigenvalue weighted by Crippen LogP contribution is 2.20. The van der Waals surface area contributed by atoms with E-state index in [0.29, 0.717) is 6.54 Å². The summed E-state index contributed by atoms with van der Waals surface area (Å²) in [6, 6.07) is 2.23. The van der Waals surface area contributed by atoms with Gasteiger partial charge in [0.25, 0.3) is 0 Å². The zero-order valence-electron chi connectivity index (χ0n) is 10.8. The van der Waals surface area contributed by atoms with E-state index >= 15 is 0 Å². The minimum Gasteiger partial charge on any atom is -0.325 e. The third kappa shape index (κ3) is 2.80. The lowest BCUT2D eigenvalue weighted by Crippen LogP contribution is -2.45. The molecule has 0 radical (unpaired) electrons. The average Bonchev–Trinajstić information content (AvgIpc) is 2.31. The molecule has 2 heterocycles. The van der Waals surface area contributed by atoms with Crippen molar-refractivity contribution in [1.82, 2.24) is 19.8 Å². The largest absolute Gasteiger partial charge is 0.325 e. The molecule has 0 spiro atoms. The van der Waals surface area contributed by atoms with E-state index < -0.39 is 0 Å². The van der Waals surface area contributed by atoms with E-state index in [1.54, 1.807) is 0 Å². The predicted octanol–water partition coefficient (Wildman–Crippen LogP) is 0.162. The maximum Gasteiger partial charge on any atom is 0.147 e.